The summed E-state index contributed by atoms with van der Waals surface area (Å²) in [5.74, 6) is 0.760. The molecule has 5 nitrogen and oxygen atoms in total. The van der Waals surface area contributed by atoms with Gasteiger partial charge in [-0.25, -0.2) is 0 Å². The summed E-state index contributed by atoms with van der Waals surface area (Å²) in [6, 6.07) is 10.8. The molecule has 136 valence electrons. The minimum Gasteiger partial charge on any atom is -0.459 e. The lowest BCUT2D eigenvalue weighted by atomic mass is 9.78. The molecule has 1 saturated carbocycles. The minimum atomic E-state index is -0.296. The number of anilines is 1. The van der Waals surface area contributed by atoms with E-state index in [0.717, 1.165) is 19.4 Å². The lowest BCUT2D eigenvalue weighted by Gasteiger charge is -2.44. The average Bonchev–Trinajstić information content (AvgIpc) is 3.23. The van der Waals surface area contributed by atoms with Crippen molar-refractivity contribution in [3.8, 4) is 0 Å². The molecule has 2 aliphatic rings. The van der Waals surface area contributed by atoms with Crippen LogP contribution in [0.25, 0.3) is 0 Å². The molecule has 2 fully saturated rings. The number of likely N-dealkylation sites (tertiary alicyclic amines) is 1. The van der Waals surface area contributed by atoms with Gasteiger partial charge in [0.2, 0.25) is 0 Å². The van der Waals surface area contributed by atoms with Crippen molar-refractivity contribution in [1.29, 1.82) is 0 Å². The van der Waals surface area contributed by atoms with E-state index in [1.54, 1.807) is 36.4 Å². The van der Waals surface area contributed by atoms with Gasteiger partial charge >= 0.3 is 0 Å². The molecule has 2 aromatic rings. The first-order valence-electron chi connectivity index (χ1n) is 9.48. The normalized spacial score (nSPS) is 22.5. The summed E-state index contributed by atoms with van der Waals surface area (Å²) in [4.78, 5) is 27.1. The summed E-state index contributed by atoms with van der Waals surface area (Å²) in [6.45, 7) is 0.858. The summed E-state index contributed by atoms with van der Waals surface area (Å²) in [5, 5.41) is 2.78. The van der Waals surface area contributed by atoms with Gasteiger partial charge in [0, 0.05) is 23.8 Å². The number of rotatable bonds is 3. The van der Waals surface area contributed by atoms with Gasteiger partial charge in [0.1, 0.15) is 0 Å². The van der Waals surface area contributed by atoms with Crippen LogP contribution >= 0.6 is 0 Å². The molecule has 5 heteroatoms. The molecular formula is C21H24N2O3. The van der Waals surface area contributed by atoms with Gasteiger partial charge in [-0.3, -0.25) is 9.59 Å². The molecule has 0 radical (unpaired) electrons. The maximum absolute atomic E-state index is 13.0. The largest absolute Gasteiger partial charge is 0.459 e. The molecule has 2 heterocycles. The van der Waals surface area contributed by atoms with Gasteiger partial charge < -0.3 is 14.6 Å². The van der Waals surface area contributed by atoms with Gasteiger partial charge in [-0.05, 0) is 68.0 Å². The number of carbonyl (C=O) groups excluding carboxylic acids is 2. The molecule has 0 unspecified atom stereocenters. The number of hydrogen-bond donors (Lipinski definition) is 1. The molecule has 4 rings (SSSR count). The summed E-state index contributed by atoms with van der Waals surface area (Å²) in [7, 11) is 0. The first-order valence-corrected chi connectivity index (χ1v) is 9.48. The van der Waals surface area contributed by atoms with Crippen LogP contribution in [0.1, 0.15) is 59.4 Å². The number of hydrogen-bond acceptors (Lipinski definition) is 3. The van der Waals surface area contributed by atoms with Gasteiger partial charge in [0.05, 0.1) is 6.26 Å². The third-order valence-corrected chi connectivity index (χ3v) is 5.64. The molecule has 1 aromatic heterocycles. The number of nitrogens with one attached hydrogen (secondary N) is 1. The van der Waals surface area contributed by atoms with Crippen LogP contribution in [0.5, 0.6) is 0 Å². The lowest BCUT2D eigenvalue weighted by Crippen LogP contribution is -2.49. The van der Waals surface area contributed by atoms with Crippen LogP contribution < -0.4 is 5.32 Å². The molecule has 1 aliphatic carbocycles. The number of benzene rings is 1. The fraction of sp³-hybridized carbons (Fsp3) is 0.429. The predicted molar refractivity (Wildman–Crippen MR) is 99.1 cm³/mol. The van der Waals surface area contributed by atoms with Crippen LogP contribution in [0.15, 0.2) is 47.1 Å². The van der Waals surface area contributed by atoms with Gasteiger partial charge in [0.25, 0.3) is 11.8 Å². The van der Waals surface area contributed by atoms with Crippen molar-refractivity contribution in [2.45, 2.75) is 44.6 Å². The monoisotopic (exact) mass is 352 g/mol. The second kappa shape index (κ2) is 7.36. The minimum absolute atomic E-state index is 0.116. The van der Waals surface area contributed by atoms with E-state index in [1.165, 1.54) is 31.9 Å². The first-order chi connectivity index (χ1) is 12.7. The summed E-state index contributed by atoms with van der Waals surface area (Å²) >= 11 is 0. The molecule has 1 aromatic carbocycles. The highest BCUT2D eigenvalue weighted by Crippen LogP contribution is 2.36. The average molecular weight is 352 g/mol. The van der Waals surface area contributed by atoms with E-state index in [2.05, 4.69) is 10.2 Å². The first kappa shape index (κ1) is 16.9. The Morgan fingerprint density at radius 2 is 1.77 bits per heavy atom. The third kappa shape index (κ3) is 3.39. The van der Waals surface area contributed by atoms with Crippen LogP contribution in [0.2, 0.25) is 0 Å². The molecule has 26 heavy (non-hydrogen) atoms. The SMILES string of the molecule is O=C(Nc1ccc(C(=O)N2CCC[C@@H]3CCCC[C@@H]32)cc1)c1ccco1. The van der Waals surface area contributed by atoms with Gasteiger partial charge in [0.15, 0.2) is 5.76 Å². The Kier molecular flexibility index (Phi) is 4.78. The van der Waals surface area contributed by atoms with Crippen molar-refractivity contribution in [3.05, 3.63) is 54.0 Å². The van der Waals surface area contributed by atoms with Crippen LogP contribution in [0.3, 0.4) is 0 Å². The number of nitrogens with zero attached hydrogens (tertiary/aromatic N) is 1. The lowest BCUT2D eigenvalue weighted by molar-refractivity contribution is 0.0390. The standard InChI is InChI=1S/C21H24N2O3/c24-20(19-8-4-14-26-19)22-17-11-9-16(10-12-17)21(25)23-13-3-6-15-5-1-2-7-18(15)23/h4,8-12,14-15,18H,1-3,5-7,13H2,(H,22,24)/t15-,18-/m0/s1. The van der Waals surface area contributed by atoms with E-state index in [9.17, 15) is 9.59 Å². The van der Waals surface area contributed by atoms with E-state index in [0.29, 0.717) is 23.2 Å². The van der Waals surface area contributed by atoms with Gasteiger partial charge in [-0.2, -0.15) is 0 Å². The second-order valence-corrected chi connectivity index (χ2v) is 7.26. The second-order valence-electron chi connectivity index (χ2n) is 7.26. The maximum Gasteiger partial charge on any atom is 0.291 e. The summed E-state index contributed by atoms with van der Waals surface area (Å²) in [5.41, 5.74) is 1.34. The number of fused-ring (bicyclic) bond motifs is 1. The zero-order chi connectivity index (χ0) is 17.9. The molecular weight excluding hydrogens is 328 g/mol. The van der Waals surface area contributed by atoms with Crippen LogP contribution in [0.4, 0.5) is 5.69 Å². The Balaban J connectivity index is 1.44. The fourth-order valence-electron chi connectivity index (χ4n) is 4.34. The molecule has 0 spiro atoms. The van der Waals surface area contributed by atoms with Crippen molar-refractivity contribution in [3.63, 3.8) is 0 Å². The highest BCUT2D eigenvalue weighted by Gasteiger charge is 2.35. The molecule has 0 bridgehead atoms. The number of piperidine rings is 1. The topological polar surface area (TPSA) is 62.6 Å². The van der Waals surface area contributed by atoms with Crippen LogP contribution in [0, 0.1) is 5.92 Å². The maximum atomic E-state index is 13.0. The van der Waals surface area contributed by atoms with E-state index in [4.69, 9.17) is 4.42 Å². The predicted octanol–water partition coefficient (Wildman–Crippen LogP) is 4.33. The van der Waals surface area contributed by atoms with Crippen molar-refractivity contribution >= 4 is 17.5 Å². The van der Waals surface area contributed by atoms with E-state index in [-0.39, 0.29) is 17.6 Å². The van der Waals surface area contributed by atoms with E-state index >= 15 is 0 Å². The summed E-state index contributed by atoms with van der Waals surface area (Å²) in [6.07, 6.45) is 8.74. The summed E-state index contributed by atoms with van der Waals surface area (Å²) < 4.78 is 5.09. The zero-order valence-electron chi connectivity index (χ0n) is 14.8. The Morgan fingerprint density at radius 3 is 2.54 bits per heavy atom. The quantitative estimate of drug-likeness (QED) is 0.894. The highest BCUT2D eigenvalue weighted by atomic mass is 16.3. The smallest absolute Gasteiger partial charge is 0.291 e. The zero-order valence-corrected chi connectivity index (χ0v) is 14.8. The molecule has 1 N–H and O–H groups in total. The van der Waals surface area contributed by atoms with Crippen molar-refractivity contribution in [2.75, 3.05) is 11.9 Å². The van der Waals surface area contributed by atoms with Crippen LogP contribution in [-0.4, -0.2) is 29.3 Å². The highest BCUT2D eigenvalue weighted by molar-refractivity contribution is 6.02. The Labute approximate surface area is 153 Å². The van der Waals surface area contributed by atoms with Gasteiger partial charge in [-0.1, -0.05) is 12.8 Å². The Morgan fingerprint density at radius 1 is 1.00 bits per heavy atom. The van der Waals surface area contributed by atoms with Crippen molar-refractivity contribution in [2.24, 2.45) is 5.92 Å². The molecule has 2 atom stereocenters. The van der Waals surface area contributed by atoms with E-state index in [1.807, 2.05) is 0 Å². The number of amides is 2. The van der Waals surface area contributed by atoms with Gasteiger partial charge in [-0.15, -0.1) is 0 Å². The van der Waals surface area contributed by atoms with Crippen molar-refractivity contribution in [1.82, 2.24) is 4.90 Å². The van der Waals surface area contributed by atoms with E-state index < -0.39 is 0 Å². The molecule has 1 saturated heterocycles. The number of carbonyl (C=O) groups is 2. The van der Waals surface area contributed by atoms with Crippen molar-refractivity contribution < 1.29 is 14.0 Å². The number of furan rings is 1. The Hall–Kier alpha value is -2.56. The molecule has 1 aliphatic heterocycles. The Bertz CT molecular complexity index is 765. The molecule has 2 amide bonds. The third-order valence-electron chi connectivity index (χ3n) is 5.64. The fourth-order valence-corrected chi connectivity index (χ4v) is 4.34. The van der Waals surface area contributed by atoms with Crippen LogP contribution in [-0.2, 0) is 0 Å².